The highest BCUT2D eigenvalue weighted by atomic mass is 16.4. The fourth-order valence-corrected chi connectivity index (χ4v) is 2.58. The molecule has 1 heterocycles. The quantitative estimate of drug-likeness (QED) is 0.878. The lowest BCUT2D eigenvalue weighted by molar-refractivity contribution is 0.0696. The third-order valence-electron chi connectivity index (χ3n) is 4.34. The zero-order valence-corrected chi connectivity index (χ0v) is 12.7. The van der Waals surface area contributed by atoms with Gasteiger partial charge in [-0.15, -0.1) is 0 Å². The fourth-order valence-electron chi connectivity index (χ4n) is 2.58. The molecule has 2 unspecified atom stereocenters. The molecule has 0 bridgehead atoms. The zero-order valence-electron chi connectivity index (χ0n) is 12.7. The van der Waals surface area contributed by atoms with Gasteiger partial charge in [-0.05, 0) is 42.9 Å². The topological polar surface area (TPSA) is 69.6 Å². The Kier molecular flexibility index (Phi) is 4.50. The molecule has 114 valence electrons. The summed E-state index contributed by atoms with van der Waals surface area (Å²) in [4.78, 5) is 25.2. The molecule has 0 saturated carbocycles. The van der Waals surface area contributed by atoms with Crippen molar-refractivity contribution in [1.82, 2.24) is 4.90 Å². The molecule has 5 heteroatoms. The number of benzene rings is 1. The van der Waals surface area contributed by atoms with Gasteiger partial charge in [0.25, 0.3) is 0 Å². The molecule has 2 atom stereocenters. The number of anilines is 1. The Balaban J connectivity index is 2.06. The molecule has 1 aliphatic rings. The molecule has 1 fully saturated rings. The summed E-state index contributed by atoms with van der Waals surface area (Å²) in [6.07, 6.45) is 1.00. The summed E-state index contributed by atoms with van der Waals surface area (Å²) in [7, 11) is 0. The van der Waals surface area contributed by atoms with E-state index in [0.29, 0.717) is 23.1 Å². The van der Waals surface area contributed by atoms with Crippen molar-refractivity contribution in [3.63, 3.8) is 0 Å². The largest absolute Gasteiger partial charge is 0.478 e. The number of likely N-dealkylation sites (tertiary alicyclic amines) is 1. The summed E-state index contributed by atoms with van der Waals surface area (Å²) in [6.45, 7) is 7.58. The van der Waals surface area contributed by atoms with E-state index < -0.39 is 5.97 Å². The van der Waals surface area contributed by atoms with Crippen molar-refractivity contribution in [2.24, 2.45) is 11.8 Å². The van der Waals surface area contributed by atoms with Gasteiger partial charge in [-0.3, -0.25) is 0 Å². The average molecular weight is 290 g/mol. The number of piperidine rings is 1. The van der Waals surface area contributed by atoms with E-state index in [1.165, 1.54) is 6.07 Å². The molecule has 0 aliphatic carbocycles. The Morgan fingerprint density at radius 2 is 2.00 bits per heavy atom. The number of carboxylic acid groups (broad SMARTS) is 1. The van der Waals surface area contributed by atoms with Crippen LogP contribution in [0.3, 0.4) is 0 Å². The van der Waals surface area contributed by atoms with Crippen LogP contribution in [0.2, 0.25) is 0 Å². The maximum Gasteiger partial charge on any atom is 0.336 e. The first kappa shape index (κ1) is 15.4. The van der Waals surface area contributed by atoms with Crippen molar-refractivity contribution in [2.75, 3.05) is 18.4 Å². The number of hydrogen-bond acceptors (Lipinski definition) is 2. The molecule has 0 radical (unpaired) electrons. The van der Waals surface area contributed by atoms with Crippen molar-refractivity contribution in [3.05, 3.63) is 29.3 Å². The Hall–Kier alpha value is -2.04. The minimum absolute atomic E-state index is 0.158. The molecule has 5 nitrogen and oxygen atoms in total. The maximum absolute atomic E-state index is 12.3. The molecular formula is C16H22N2O3. The minimum atomic E-state index is -0.982. The number of amides is 2. The first-order chi connectivity index (χ1) is 9.88. The van der Waals surface area contributed by atoms with E-state index >= 15 is 0 Å². The fraction of sp³-hybridized carbons (Fsp3) is 0.500. The minimum Gasteiger partial charge on any atom is -0.478 e. The number of carbonyl (C=O) groups is 2. The molecule has 21 heavy (non-hydrogen) atoms. The second-order valence-corrected chi connectivity index (χ2v) is 5.95. The van der Waals surface area contributed by atoms with Gasteiger partial charge in [-0.25, -0.2) is 9.59 Å². The van der Waals surface area contributed by atoms with Gasteiger partial charge in [0.15, 0.2) is 0 Å². The lowest BCUT2D eigenvalue weighted by Gasteiger charge is -2.35. The number of aromatic carboxylic acids is 1. The molecule has 2 N–H and O–H groups in total. The van der Waals surface area contributed by atoms with Gasteiger partial charge >= 0.3 is 12.0 Å². The predicted octanol–water partition coefficient (Wildman–Crippen LogP) is 3.20. The van der Waals surface area contributed by atoms with Crippen LogP contribution in [-0.2, 0) is 0 Å². The first-order valence-corrected chi connectivity index (χ1v) is 7.28. The summed E-state index contributed by atoms with van der Waals surface area (Å²) in [5.74, 6) is 0.133. The van der Waals surface area contributed by atoms with Gasteiger partial charge < -0.3 is 15.3 Å². The Morgan fingerprint density at radius 1 is 1.29 bits per heavy atom. The van der Waals surface area contributed by atoms with Crippen molar-refractivity contribution < 1.29 is 14.7 Å². The SMILES string of the molecule is Cc1ccc(NC(=O)N2CCC(C)C(C)C2)cc1C(=O)O. The van der Waals surface area contributed by atoms with Gasteiger partial charge in [0.1, 0.15) is 0 Å². The Bertz CT molecular complexity index is 556. The number of nitrogens with one attached hydrogen (secondary N) is 1. The van der Waals surface area contributed by atoms with E-state index in [1.54, 1.807) is 24.0 Å². The summed E-state index contributed by atoms with van der Waals surface area (Å²) < 4.78 is 0. The molecule has 1 saturated heterocycles. The number of aryl methyl sites for hydroxylation is 1. The number of hydrogen-bond donors (Lipinski definition) is 2. The van der Waals surface area contributed by atoms with Gasteiger partial charge in [0.05, 0.1) is 5.56 Å². The van der Waals surface area contributed by atoms with Crippen LogP contribution in [0.4, 0.5) is 10.5 Å². The van der Waals surface area contributed by atoms with Crippen LogP contribution >= 0.6 is 0 Å². The van der Waals surface area contributed by atoms with E-state index in [9.17, 15) is 9.59 Å². The summed E-state index contributed by atoms with van der Waals surface area (Å²) in [5, 5.41) is 11.9. The lowest BCUT2D eigenvalue weighted by Crippen LogP contribution is -2.44. The monoisotopic (exact) mass is 290 g/mol. The second-order valence-electron chi connectivity index (χ2n) is 5.95. The second kappa shape index (κ2) is 6.16. The highest BCUT2D eigenvalue weighted by Crippen LogP contribution is 2.23. The van der Waals surface area contributed by atoms with E-state index in [0.717, 1.165) is 19.5 Å². The lowest BCUT2D eigenvalue weighted by atomic mass is 9.89. The van der Waals surface area contributed by atoms with Gasteiger partial charge in [-0.2, -0.15) is 0 Å². The van der Waals surface area contributed by atoms with Crippen molar-refractivity contribution in [2.45, 2.75) is 27.2 Å². The number of nitrogens with zero attached hydrogens (tertiary/aromatic N) is 1. The maximum atomic E-state index is 12.3. The molecule has 1 aliphatic heterocycles. The number of carbonyl (C=O) groups excluding carboxylic acids is 1. The van der Waals surface area contributed by atoms with Crippen LogP contribution in [-0.4, -0.2) is 35.1 Å². The van der Waals surface area contributed by atoms with Crippen molar-refractivity contribution in [3.8, 4) is 0 Å². The molecular weight excluding hydrogens is 268 g/mol. The van der Waals surface area contributed by atoms with Crippen LogP contribution in [0, 0.1) is 18.8 Å². The van der Waals surface area contributed by atoms with Crippen molar-refractivity contribution in [1.29, 1.82) is 0 Å². The molecule has 1 aromatic rings. The van der Waals surface area contributed by atoms with Gasteiger partial charge in [0, 0.05) is 18.8 Å². The van der Waals surface area contributed by atoms with E-state index in [2.05, 4.69) is 19.2 Å². The predicted molar refractivity (Wildman–Crippen MR) is 81.7 cm³/mol. The molecule has 2 amide bonds. The molecule has 0 aromatic heterocycles. The number of carboxylic acids is 1. The highest BCUT2D eigenvalue weighted by Gasteiger charge is 2.25. The average Bonchev–Trinajstić information content (AvgIpc) is 2.43. The van der Waals surface area contributed by atoms with Crippen LogP contribution in [0.15, 0.2) is 18.2 Å². The molecule has 0 spiro atoms. The molecule has 2 rings (SSSR count). The smallest absolute Gasteiger partial charge is 0.336 e. The van der Waals surface area contributed by atoms with Crippen LogP contribution in [0.1, 0.15) is 36.2 Å². The van der Waals surface area contributed by atoms with E-state index in [-0.39, 0.29) is 11.6 Å². The third kappa shape index (κ3) is 3.54. The zero-order chi connectivity index (χ0) is 15.6. The Morgan fingerprint density at radius 3 is 2.62 bits per heavy atom. The summed E-state index contributed by atoms with van der Waals surface area (Å²) in [5.41, 5.74) is 1.42. The summed E-state index contributed by atoms with van der Waals surface area (Å²) in [6, 6.07) is 4.79. The van der Waals surface area contributed by atoms with E-state index in [4.69, 9.17) is 5.11 Å². The van der Waals surface area contributed by atoms with Crippen LogP contribution < -0.4 is 5.32 Å². The number of rotatable bonds is 2. The third-order valence-corrected chi connectivity index (χ3v) is 4.34. The standard InChI is InChI=1S/C16H22N2O3/c1-10-6-7-18(9-12(10)3)16(21)17-13-5-4-11(2)14(8-13)15(19)20/h4-5,8,10,12H,6-7,9H2,1-3H3,(H,17,21)(H,19,20). The van der Waals surface area contributed by atoms with Crippen LogP contribution in [0.5, 0.6) is 0 Å². The first-order valence-electron chi connectivity index (χ1n) is 7.28. The highest BCUT2D eigenvalue weighted by molar-refractivity contribution is 5.94. The number of urea groups is 1. The van der Waals surface area contributed by atoms with E-state index in [1.807, 2.05) is 0 Å². The molecule has 1 aromatic carbocycles. The van der Waals surface area contributed by atoms with Gasteiger partial charge in [-0.1, -0.05) is 19.9 Å². The van der Waals surface area contributed by atoms with Crippen molar-refractivity contribution >= 4 is 17.7 Å². The summed E-state index contributed by atoms with van der Waals surface area (Å²) >= 11 is 0. The normalized spacial score (nSPS) is 22.0. The van der Waals surface area contributed by atoms with Crippen LogP contribution in [0.25, 0.3) is 0 Å². The Labute approximate surface area is 125 Å². The van der Waals surface area contributed by atoms with Gasteiger partial charge in [0.2, 0.25) is 0 Å².